The van der Waals surface area contributed by atoms with Crippen molar-refractivity contribution < 1.29 is 13.9 Å². The lowest BCUT2D eigenvalue weighted by Crippen LogP contribution is -2.26. The first-order valence-electron chi connectivity index (χ1n) is 7.82. The smallest absolute Gasteiger partial charge is 0.273 e. The van der Waals surface area contributed by atoms with E-state index in [0.29, 0.717) is 24.6 Å². The fourth-order valence-corrected chi connectivity index (χ4v) is 2.93. The van der Waals surface area contributed by atoms with E-state index < -0.39 is 0 Å². The molecule has 1 aliphatic rings. The Morgan fingerprint density at radius 2 is 2.26 bits per heavy atom. The quantitative estimate of drug-likeness (QED) is 0.821. The fourth-order valence-electron chi connectivity index (χ4n) is 2.70. The maximum atomic E-state index is 12.2. The number of hydrogen-bond donors (Lipinski definition) is 1. The standard InChI is InChI=1S/C17H19ClN2O3/c18-13-7-2-1-5-12(13)6-3-9-19-17(21)15-16(23-11-20-15)14-8-4-10-22-14/h1-2,5,7,11,14H,3-4,6,8-10H2,(H,19,21)/t14-/m0/s1. The van der Waals surface area contributed by atoms with Crippen molar-refractivity contribution in [2.45, 2.75) is 31.8 Å². The highest BCUT2D eigenvalue weighted by Gasteiger charge is 2.27. The molecule has 0 bridgehead atoms. The van der Waals surface area contributed by atoms with Crippen LogP contribution in [-0.2, 0) is 11.2 Å². The van der Waals surface area contributed by atoms with Crippen molar-refractivity contribution in [3.63, 3.8) is 0 Å². The number of carbonyl (C=O) groups is 1. The molecule has 5 nitrogen and oxygen atoms in total. The number of aryl methyl sites for hydroxylation is 1. The molecule has 1 N–H and O–H groups in total. The molecule has 1 aromatic carbocycles. The molecule has 0 radical (unpaired) electrons. The zero-order valence-corrected chi connectivity index (χ0v) is 13.5. The van der Waals surface area contributed by atoms with Gasteiger partial charge in [0.25, 0.3) is 5.91 Å². The van der Waals surface area contributed by atoms with Crippen molar-refractivity contribution in [1.29, 1.82) is 0 Å². The van der Waals surface area contributed by atoms with Crippen LogP contribution < -0.4 is 5.32 Å². The van der Waals surface area contributed by atoms with Gasteiger partial charge in [0.2, 0.25) is 0 Å². The van der Waals surface area contributed by atoms with Crippen LogP contribution in [0.15, 0.2) is 35.1 Å². The highest BCUT2D eigenvalue weighted by Crippen LogP contribution is 2.30. The van der Waals surface area contributed by atoms with Crippen molar-refractivity contribution in [2.24, 2.45) is 0 Å². The van der Waals surface area contributed by atoms with Crippen LogP contribution in [0.1, 0.15) is 47.2 Å². The molecule has 2 aromatic rings. The summed E-state index contributed by atoms with van der Waals surface area (Å²) >= 11 is 6.12. The first kappa shape index (κ1) is 16.0. The number of aromatic nitrogens is 1. The van der Waals surface area contributed by atoms with Crippen LogP contribution in [0.25, 0.3) is 0 Å². The number of benzene rings is 1. The number of carbonyl (C=O) groups excluding carboxylic acids is 1. The van der Waals surface area contributed by atoms with Gasteiger partial charge in [-0.2, -0.15) is 0 Å². The second-order valence-corrected chi connectivity index (χ2v) is 5.92. The van der Waals surface area contributed by atoms with Gasteiger partial charge in [-0.3, -0.25) is 4.79 Å². The van der Waals surface area contributed by atoms with Gasteiger partial charge in [-0.25, -0.2) is 4.98 Å². The molecule has 1 atom stereocenters. The number of nitrogens with one attached hydrogen (secondary N) is 1. The minimum atomic E-state index is -0.219. The Balaban J connectivity index is 1.50. The molecule has 122 valence electrons. The summed E-state index contributed by atoms with van der Waals surface area (Å²) in [4.78, 5) is 16.3. The third-order valence-corrected chi connectivity index (χ3v) is 4.27. The Morgan fingerprint density at radius 1 is 1.39 bits per heavy atom. The number of amides is 1. The third kappa shape index (κ3) is 3.92. The number of nitrogens with zero attached hydrogens (tertiary/aromatic N) is 1. The minimum Gasteiger partial charge on any atom is -0.445 e. The predicted octanol–water partition coefficient (Wildman–Crippen LogP) is 3.54. The third-order valence-electron chi connectivity index (χ3n) is 3.90. The van der Waals surface area contributed by atoms with Gasteiger partial charge in [0, 0.05) is 18.2 Å². The van der Waals surface area contributed by atoms with Crippen molar-refractivity contribution in [2.75, 3.05) is 13.2 Å². The predicted molar refractivity (Wildman–Crippen MR) is 86.5 cm³/mol. The van der Waals surface area contributed by atoms with Crippen molar-refractivity contribution in [1.82, 2.24) is 10.3 Å². The van der Waals surface area contributed by atoms with Crippen molar-refractivity contribution in [3.8, 4) is 0 Å². The van der Waals surface area contributed by atoms with E-state index in [2.05, 4.69) is 10.3 Å². The average molecular weight is 335 g/mol. The van der Waals surface area contributed by atoms with E-state index in [1.54, 1.807) is 0 Å². The lowest BCUT2D eigenvalue weighted by atomic mass is 10.1. The molecule has 0 unspecified atom stereocenters. The van der Waals surface area contributed by atoms with Crippen molar-refractivity contribution >= 4 is 17.5 Å². The average Bonchev–Trinajstić information content (AvgIpc) is 3.23. The normalized spacial score (nSPS) is 17.3. The summed E-state index contributed by atoms with van der Waals surface area (Å²) in [5.41, 5.74) is 1.42. The SMILES string of the molecule is O=C(NCCCc1ccccc1Cl)c1ncoc1[C@@H]1CCCO1. The Kier molecular flexibility index (Phi) is 5.31. The van der Waals surface area contributed by atoms with E-state index in [-0.39, 0.29) is 12.0 Å². The summed E-state index contributed by atoms with van der Waals surface area (Å²) in [7, 11) is 0. The van der Waals surface area contributed by atoms with Crippen LogP contribution in [-0.4, -0.2) is 24.0 Å². The summed E-state index contributed by atoms with van der Waals surface area (Å²) in [6.45, 7) is 1.26. The summed E-state index contributed by atoms with van der Waals surface area (Å²) < 4.78 is 10.9. The molecule has 0 spiro atoms. The lowest BCUT2D eigenvalue weighted by Gasteiger charge is -2.08. The summed E-state index contributed by atoms with van der Waals surface area (Å²) in [6.07, 6.45) is 4.61. The zero-order chi connectivity index (χ0) is 16.1. The van der Waals surface area contributed by atoms with Crippen LogP contribution in [0.3, 0.4) is 0 Å². The zero-order valence-electron chi connectivity index (χ0n) is 12.8. The number of ether oxygens (including phenoxy) is 1. The first-order valence-corrected chi connectivity index (χ1v) is 8.20. The molecule has 0 aliphatic carbocycles. The van der Waals surface area contributed by atoms with Gasteiger partial charge < -0.3 is 14.5 Å². The Morgan fingerprint density at radius 3 is 3.04 bits per heavy atom. The molecule has 1 saturated heterocycles. The second kappa shape index (κ2) is 7.62. The maximum absolute atomic E-state index is 12.2. The Hall–Kier alpha value is -1.85. The molecule has 23 heavy (non-hydrogen) atoms. The van der Waals surface area contributed by atoms with E-state index in [9.17, 15) is 4.79 Å². The highest BCUT2D eigenvalue weighted by atomic mass is 35.5. The van der Waals surface area contributed by atoms with Gasteiger partial charge in [0.05, 0.1) is 0 Å². The molecule has 3 rings (SSSR count). The number of oxazole rings is 1. The van der Waals surface area contributed by atoms with E-state index in [0.717, 1.165) is 36.3 Å². The van der Waals surface area contributed by atoms with Gasteiger partial charge in [-0.1, -0.05) is 29.8 Å². The van der Waals surface area contributed by atoms with Gasteiger partial charge in [-0.05, 0) is 37.3 Å². The van der Waals surface area contributed by atoms with E-state index in [1.807, 2.05) is 24.3 Å². The molecule has 1 aromatic heterocycles. The molecule has 1 aliphatic heterocycles. The van der Waals surface area contributed by atoms with Crippen LogP contribution in [0.5, 0.6) is 0 Å². The molecule has 2 heterocycles. The maximum Gasteiger partial charge on any atom is 0.273 e. The molecule has 6 heteroatoms. The summed E-state index contributed by atoms with van der Waals surface area (Å²) in [5, 5.41) is 3.64. The topological polar surface area (TPSA) is 64.4 Å². The van der Waals surface area contributed by atoms with E-state index in [1.165, 1.54) is 6.39 Å². The minimum absolute atomic E-state index is 0.152. The van der Waals surface area contributed by atoms with Gasteiger partial charge >= 0.3 is 0 Å². The summed E-state index contributed by atoms with van der Waals surface area (Å²) in [6, 6.07) is 7.74. The number of hydrogen-bond acceptors (Lipinski definition) is 4. The molecular formula is C17H19ClN2O3. The van der Waals surface area contributed by atoms with Crippen LogP contribution >= 0.6 is 11.6 Å². The first-order chi connectivity index (χ1) is 11.3. The van der Waals surface area contributed by atoms with E-state index >= 15 is 0 Å². The van der Waals surface area contributed by atoms with Crippen LogP contribution in [0.4, 0.5) is 0 Å². The fraction of sp³-hybridized carbons (Fsp3) is 0.412. The lowest BCUT2D eigenvalue weighted by molar-refractivity contribution is 0.0861. The van der Waals surface area contributed by atoms with Gasteiger partial charge in [0.1, 0.15) is 6.10 Å². The largest absolute Gasteiger partial charge is 0.445 e. The van der Waals surface area contributed by atoms with Crippen molar-refractivity contribution in [3.05, 3.63) is 52.7 Å². The van der Waals surface area contributed by atoms with Gasteiger partial charge in [-0.15, -0.1) is 0 Å². The summed E-state index contributed by atoms with van der Waals surface area (Å²) in [5.74, 6) is 0.314. The molecule has 0 saturated carbocycles. The van der Waals surface area contributed by atoms with Crippen LogP contribution in [0, 0.1) is 0 Å². The molecule has 1 amide bonds. The van der Waals surface area contributed by atoms with Gasteiger partial charge in [0.15, 0.2) is 17.8 Å². The Bertz CT molecular complexity index is 665. The molecular weight excluding hydrogens is 316 g/mol. The number of halogens is 1. The number of rotatable bonds is 6. The second-order valence-electron chi connectivity index (χ2n) is 5.52. The van der Waals surface area contributed by atoms with Crippen LogP contribution in [0.2, 0.25) is 5.02 Å². The Labute approximate surface area is 140 Å². The highest BCUT2D eigenvalue weighted by molar-refractivity contribution is 6.31. The molecule has 1 fully saturated rings. The van der Waals surface area contributed by atoms with E-state index in [4.69, 9.17) is 20.8 Å². The monoisotopic (exact) mass is 334 g/mol.